The van der Waals surface area contributed by atoms with E-state index in [0.29, 0.717) is 11.3 Å². The largest absolute Gasteiger partial charge is 0.213 e. The first-order chi connectivity index (χ1) is 2.91. The van der Waals surface area contributed by atoms with Crippen LogP contribution in [0.4, 0.5) is 0 Å². The molecule has 0 aromatic carbocycles. The van der Waals surface area contributed by atoms with Gasteiger partial charge in [-0.2, -0.15) is 0 Å². The van der Waals surface area contributed by atoms with Crippen molar-refractivity contribution in [3.8, 4) is 0 Å². The van der Waals surface area contributed by atoms with Crippen molar-refractivity contribution < 1.29 is 4.21 Å². The Bertz CT molecular complexity index is 63.9. The molecule has 0 amide bonds. The summed E-state index contributed by atoms with van der Waals surface area (Å²) in [5.74, 6) is 0. The first-order valence-corrected chi connectivity index (χ1v) is 2.56. The lowest BCUT2D eigenvalue weighted by molar-refractivity contribution is 0.701. The molecule has 0 bridgehead atoms. The van der Waals surface area contributed by atoms with E-state index >= 15 is 0 Å². The minimum atomic E-state index is 0.440. The summed E-state index contributed by atoms with van der Waals surface area (Å²) in [4.78, 5) is 0. The van der Waals surface area contributed by atoms with Gasteiger partial charge in [0.1, 0.15) is 0 Å². The monoisotopic (exact) mass is 102 g/mol. The topological polar surface area (TPSA) is 17.1 Å². The lowest BCUT2D eigenvalue weighted by atomic mass is 10.4. The molecule has 0 heterocycles. The van der Waals surface area contributed by atoms with Crippen LogP contribution in [0, 0.1) is 6.42 Å². The van der Waals surface area contributed by atoms with E-state index in [2.05, 4.69) is 6.42 Å². The van der Waals surface area contributed by atoms with E-state index in [1.54, 1.807) is 0 Å². The maximum Gasteiger partial charge on any atom is 0.0847 e. The molecule has 0 spiro atoms. The zero-order valence-electron chi connectivity index (χ0n) is 3.60. The molecule has 0 rings (SSSR count). The van der Waals surface area contributed by atoms with E-state index in [4.69, 9.17) is 0 Å². The van der Waals surface area contributed by atoms with Crippen molar-refractivity contribution in [2.24, 2.45) is 0 Å². The van der Waals surface area contributed by atoms with Crippen molar-refractivity contribution in [1.82, 2.24) is 0 Å². The molecule has 2 heteroatoms. The Morgan fingerprint density at radius 2 is 2.67 bits per heavy atom. The fourth-order valence-electron chi connectivity index (χ4n) is 0.117. The summed E-state index contributed by atoms with van der Waals surface area (Å²) in [6.45, 7) is 1.94. The van der Waals surface area contributed by atoms with Crippen molar-refractivity contribution in [2.45, 2.75) is 13.3 Å². The Morgan fingerprint density at radius 1 is 2.00 bits per heavy atom. The highest BCUT2D eigenvalue weighted by atomic mass is 32.1. The van der Waals surface area contributed by atoms with Gasteiger partial charge in [-0.25, -0.2) is 4.21 Å². The Kier molecular flexibility index (Phi) is 4.80. The molecule has 2 radical (unpaired) electrons. The summed E-state index contributed by atoms with van der Waals surface area (Å²) in [5, 5.41) is 1.42. The Hall–Kier alpha value is -0.110. The van der Waals surface area contributed by atoms with Crippen LogP contribution in [0.3, 0.4) is 0 Å². The maximum atomic E-state index is 9.49. The smallest absolute Gasteiger partial charge is 0.0847 e. The highest BCUT2D eigenvalue weighted by Crippen LogP contribution is 1.73. The van der Waals surface area contributed by atoms with Crippen LogP contribution in [0.25, 0.3) is 0 Å². The zero-order chi connectivity index (χ0) is 4.83. The van der Waals surface area contributed by atoms with E-state index in [0.717, 1.165) is 6.42 Å². The van der Waals surface area contributed by atoms with Crippen molar-refractivity contribution in [2.75, 3.05) is 0 Å². The first kappa shape index (κ1) is 5.89. The number of unbranched alkanes of at least 4 members (excludes halogenated alkanes) is 1. The minimum absolute atomic E-state index is 0.440. The lowest BCUT2D eigenvalue weighted by Gasteiger charge is -1.69. The van der Waals surface area contributed by atoms with Gasteiger partial charge in [-0.05, 0) is 6.42 Å². The van der Waals surface area contributed by atoms with E-state index in [-0.39, 0.29) is 0 Å². The minimum Gasteiger partial charge on any atom is -0.213 e. The second-order valence-electron chi connectivity index (χ2n) is 0.772. The maximum absolute atomic E-state index is 9.49. The Labute approximate surface area is 41.4 Å². The average Bonchev–Trinajstić information content (AvgIpc) is 1.61. The molecule has 0 saturated heterocycles. The van der Waals surface area contributed by atoms with Crippen LogP contribution < -0.4 is 0 Å². The van der Waals surface area contributed by atoms with Gasteiger partial charge < -0.3 is 0 Å². The van der Waals surface area contributed by atoms with Crippen LogP contribution >= 0.6 is 0 Å². The fraction of sp³-hybridized carbons (Fsp3) is 0.500. The van der Waals surface area contributed by atoms with Gasteiger partial charge in [0.15, 0.2) is 0 Å². The van der Waals surface area contributed by atoms with E-state index in [1.165, 1.54) is 5.37 Å². The standard InChI is InChI=1S/C4H6OS/c1-2-3-4-6-5/h4H,2H2,1H3. The van der Waals surface area contributed by atoms with Crippen LogP contribution in [0.5, 0.6) is 0 Å². The molecule has 0 aromatic heterocycles. The number of hydrogen-bond acceptors (Lipinski definition) is 1. The Balaban J connectivity index is 2.86. The van der Waals surface area contributed by atoms with Gasteiger partial charge in [0, 0.05) is 11.8 Å². The highest BCUT2D eigenvalue weighted by molar-refractivity contribution is 7.65. The van der Waals surface area contributed by atoms with Gasteiger partial charge in [-0.1, -0.05) is 6.92 Å². The third kappa shape index (κ3) is 3.89. The average molecular weight is 102 g/mol. The van der Waals surface area contributed by atoms with Gasteiger partial charge in [-0.3, -0.25) is 0 Å². The number of rotatable bonds is 2. The third-order valence-corrected chi connectivity index (χ3v) is 0.598. The Morgan fingerprint density at radius 3 is 2.83 bits per heavy atom. The van der Waals surface area contributed by atoms with Crippen molar-refractivity contribution in [3.63, 3.8) is 0 Å². The molecule has 0 aromatic rings. The summed E-state index contributed by atoms with van der Waals surface area (Å²) in [7, 11) is 0. The molecule has 34 valence electrons. The molecule has 0 unspecified atom stereocenters. The second kappa shape index (κ2) is 4.89. The molecular formula is C4H6OS. The zero-order valence-corrected chi connectivity index (χ0v) is 4.42. The normalized spacial score (nSPS) is 7.50. The van der Waals surface area contributed by atoms with Gasteiger partial charge in [-0.15, -0.1) is 0 Å². The summed E-state index contributed by atoms with van der Waals surface area (Å²) in [6.07, 6.45) is 3.55. The third-order valence-electron chi connectivity index (χ3n) is 0.336. The van der Waals surface area contributed by atoms with Crippen molar-refractivity contribution in [1.29, 1.82) is 0 Å². The van der Waals surface area contributed by atoms with Crippen LogP contribution in [0.15, 0.2) is 0 Å². The molecule has 0 aliphatic rings. The fourth-order valence-corrected chi connectivity index (χ4v) is 0.352. The van der Waals surface area contributed by atoms with E-state index in [1.807, 2.05) is 6.92 Å². The molecule has 0 aliphatic carbocycles. The molecule has 0 fully saturated rings. The summed E-state index contributed by atoms with van der Waals surface area (Å²) >= 11 is 0.440. The molecule has 1 nitrogen and oxygen atoms in total. The van der Waals surface area contributed by atoms with Gasteiger partial charge in [0.05, 0.1) is 11.3 Å². The van der Waals surface area contributed by atoms with Crippen molar-refractivity contribution in [3.05, 3.63) is 6.42 Å². The van der Waals surface area contributed by atoms with E-state index in [9.17, 15) is 4.21 Å². The van der Waals surface area contributed by atoms with Gasteiger partial charge in [0.2, 0.25) is 0 Å². The molecule has 0 atom stereocenters. The quantitative estimate of drug-likeness (QED) is 0.464. The van der Waals surface area contributed by atoms with Gasteiger partial charge >= 0.3 is 0 Å². The molecular weight excluding hydrogens is 96.1 g/mol. The summed E-state index contributed by atoms with van der Waals surface area (Å²) < 4.78 is 9.49. The highest BCUT2D eigenvalue weighted by Gasteiger charge is 1.68. The predicted octanol–water partition coefficient (Wildman–Crippen LogP) is 0.493. The molecule has 6 heavy (non-hydrogen) atoms. The summed E-state index contributed by atoms with van der Waals surface area (Å²) in [6, 6.07) is 0. The van der Waals surface area contributed by atoms with Crippen LogP contribution in [-0.2, 0) is 11.3 Å². The number of hydrogen-bond donors (Lipinski definition) is 0. The van der Waals surface area contributed by atoms with Crippen LogP contribution in [0.2, 0.25) is 0 Å². The molecule has 0 N–H and O–H groups in total. The van der Waals surface area contributed by atoms with Crippen LogP contribution in [0.1, 0.15) is 13.3 Å². The molecule has 0 aliphatic heterocycles. The first-order valence-electron chi connectivity index (χ1n) is 1.75. The van der Waals surface area contributed by atoms with E-state index < -0.39 is 0 Å². The molecule has 0 saturated carbocycles. The predicted molar refractivity (Wildman–Crippen MR) is 27.7 cm³/mol. The van der Waals surface area contributed by atoms with Gasteiger partial charge in [0.25, 0.3) is 0 Å². The summed E-state index contributed by atoms with van der Waals surface area (Å²) in [5.41, 5.74) is 0. The van der Waals surface area contributed by atoms with Crippen LogP contribution in [-0.4, -0.2) is 9.58 Å². The lowest BCUT2D eigenvalue weighted by Crippen LogP contribution is -1.68. The van der Waals surface area contributed by atoms with Crippen molar-refractivity contribution >= 4 is 16.6 Å². The SMILES string of the molecule is CC[C]C=S=O. The second-order valence-corrected chi connectivity index (χ2v) is 1.20.